The highest BCUT2D eigenvalue weighted by atomic mass is 16.4. The molecule has 0 atom stereocenters. The number of anilines is 1. The standard InChI is InChI=1S/C14H20N2O3/c1-5-16(11-8-6-10(2)7-9-11)13(19)15-14(3,4)12(17)18/h6-9H,5H2,1-4H3,(H,15,19)(H,17,18). The number of carboxylic acid groups (broad SMARTS) is 1. The molecule has 0 saturated carbocycles. The third-order valence-corrected chi connectivity index (χ3v) is 2.86. The topological polar surface area (TPSA) is 69.6 Å². The van der Waals surface area contributed by atoms with Crippen molar-refractivity contribution in [2.45, 2.75) is 33.2 Å². The molecular formula is C14H20N2O3. The van der Waals surface area contributed by atoms with E-state index in [0.29, 0.717) is 6.54 Å². The van der Waals surface area contributed by atoms with Crippen molar-refractivity contribution >= 4 is 17.7 Å². The first kappa shape index (κ1) is 15.0. The van der Waals surface area contributed by atoms with Gasteiger partial charge in [-0.15, -0.1) is 0 Å². The van der Waals surface area contributed by atoms with Crippen LogP contribution in [0.5, 0.6) is 0 Å². The molecule has 0 bridgehead atoms. The van der Waals surface area contributed by atoms with Crippen LogP contribution in [-0.4, -0.2) is 29.2 Å². The molecule has 2 N–H and O–H groups in total. The lowest BCUT2D eigenvalue weighted by Gasteiger charge is -2.27. The lowest BCUT2D eigenvalue weighted by molar-refractivity contribution is -0.142. The Morgan fingerprint density at radius 2 is 1.79 bits per heavy atom. The highest BCUT2D eigenvalue weighted by Crippen LogP contribution is 2.16. The van der Waals surface area contributed by atoms with Crippen molar-refractivity contribution in [1.82, 2.24) is 5.32 Å². The van der Waals surface area contributed by atoms with E-state index < -0.39 is 17.5 Å². The normalized spacial score (nSPS) is 10.9. The van der Waals surface area contributed by atoms with Gasteiger partial charge in [0, 0.05) is 12.2 Å². The Kier molecular flexibility index (Phi) is 4.53. The minimum atomic E-state index is -1.30. The summed E-state index contributed by atoms with van der Waals surface area (Å²) >= 11 is 0. The van der Waals surface area contributed by atoms with Crippen LogP contribution in [0.3, 0.4) is 0 Å². The zero-order valence-electron chi connectivity index (χ0n) is 11.7. The zero-order valence-corrected chi connectivity index (χ0v) is 11.7. The lowest BCUT2D eigenvalue weighted by atomic mass is 10.1. The number of amides is 2. The first-order chi connectivity index (χ1) is 8.77. The summed E-state index contributed by atoms with van der Waals surface area (Å²) in [5, 5.41) is 11.5. The molecule has 0 unspecified atom stereocenters. The number of hydrogen-bond donors (Lipinski definition) is 2. The van der Waals surface area contributed by atoms with Gasteiger partial charge in [0.2, 0.25) is 0 Å². The lowest BCUT2D eigenvalue weighted by Crippen LogP contribution is -2.54. The van der Waals surface area contributed by atoms with Crippen molar-refractivity contribution in [2.75, 3.05) is 11.4 Å². The third-order valence-electron chi connectivity index (χ3n) is 2.86. The van der Waals surface area contributed by atoms with E-state index in [9.17, 15) is 9.59 Å². The molecule has 1 aromatic rings. The molecule has 19 heavy (non-hydrogen) atoms. The first-order valence-corrected chi connectivity index (χ1v) is 6.17. The molecule has 2 amide bonds. The van der Waals surface area contributed by atoms with E-state index in [4.69, 9.17) is 5.11 Å². The fraction of sp³-hybridized carbons (Fsp3) is 0.429. The molecule has 1 rings (SSSR count). The van der Waals surface area contributed by atoms with Gasteiger partial charge in [0.15, 0.2) is 0 Å². The number of benzene rings is 1. The SMILES string of the molecule is CCN(C(=O)NC(C)(C)C(=O)O)c1ccc(C)cc1. The van der Waals surface area contributed by atoms with Crippen LogP contribution < -0.4 is 10.2 Å². The number of carbonyl (C=O) groups is 2. The summed E-state index contributed by atoms with van der Waals surface area (Å²) in [5.41, 5.74) is 0.549. The molecular weight excluding hydrogens is 244 g/mol. The molecule has 5 heteroatoms. The number of carboxylic acids is 1. The summed E-state index contributed by atoms with van der Waals surface area (Å²) in [6.07, 6.45) is 0. The number of aliphatic carboxylic acids is 1. The predicted octanol–water partition coefficient (Wildman–Crippen LogP) is 2.39. The van der Waals surface area contributed by atoms with Crippen LogP contribution in [0.1, 0.15) is 26.3 Å². The van der Waals surface area contributed by atoms with Crippen molar-refractivity contribution in [3.8, 4) is 0 Å². The van der Waals surface area contributed by atoms with Crippen LogP contribution in [-0.2, 0) is 4.79 Å². The van der Waals surface area contributed by atoms with Gasteiger partial charge in [-0.1, -0.05) is 17.7 Å². The molecule has 1 aromatic carbocycles. The van der Waals surface area contributed by atoms with Gasteiger partial charge in [-0.05, 0) is 39.8 Å². The zero-order chi connectivity index (χ0) is 14.6. The van der Waals surface area contributed by atoms with Crippen molar-refractivity contribution in [3.05, 3.63) is 29.8 Å². The predicted molar refractivity (Wildman–Crippen MR) is 74.4 cm³/mol. The average molecular weight is 264 g/mol. The first-order valence-electron chi connectivity index (χ1n) is 6.17. The largest absolute Gasteiger partial charge is 0.480 e. The summed E-state index contributed by atoms with van der Waals surface area (Å²) in [6.45, 7) is 7.18. The smallest absolute Gasteiger partial charge is 0.328 e. The number of aryl methyl sites for hydroxylation is 1. The van der Waals surface area contributed by atoms with Gasteiger partial charge < -0.3 is 10.4 Å². The monoisotopic (exact) mass is 264 g/mol. The summed E-state index contributed by atoms with van der Waals surface area (Å²) in [4.78, 5) is 24.7. The van der Waals surface area contributed by atoms with Crippen LogP contribution in [0.15, 0.2) is 24.3 Å². The Bertz CT molecular complexity index is 466. The molecule has 0 aliphatic heterocycles. The van der Waals surface area contributed by atoms with E-state index in [0.717, 1.165) is 11.3 Å². The molecule has 0 heterocycles. The number of nitrogens with zero attached hydrogens (tertiary/aromatic N) is 1. The Hall–Kier alpha value is -2.04. The van der Waals surface area contributed by atoms with E-state index in [1.807, 2.05) is 38.1 Å². The maximum absolute atomic E-state index is 12.1. The van der Waals surface area contributed by atoms with Crippen LogP contribution in [0.25, 0.3) is 0 Å². The van der Waals surface area contributed by atoms with E-state index >= 15 is 0 Å². The van der Waals surface area contributed by atoms with Gasteiger partial charge in [-0.3, -0.25) is 4.90 Å². The van der Waals surface area contributed by atoms with Gasteiger partial charge in [-0.2, -0.15) is 0 Å². The second-order valence-electron chi connectivity index (χ2n) is 4.94. The maximum atomic E-state index is 12.1. The van der Waals surface area contributed by atoms with Gasteiger partial charge >= 0.3 is 12.0 Å². The quantitative estimate of drug-likeness (QED) is 0.877. The second-order valence-corrected chi connectivity index (χ2v) is 4.94. The van der Waals surface area contributed by atoms with E-state index in [1.54, 1.807) is 0 Å². The molecule has 0 aromatic heterocycles. The van der Waals surface area contributed by atoms with E-state index in [-0.39, 0.29) is 0 Å². The van der Waals surface area contributed by atoms with Crippen LogP contribution in [0, 0.1) is 6.92 Å². The summed E-state index contributed by atoms with van der Waals surface area (Å²) in [5.74, 6) is -1.07. The van der Waals surface area contributed by atoms with Crippen LogP contribution >= 0.6 is 0 Å². The Morgan fingerprint density at radius 1 is 1.26 bits per heavy atom. The summed E-state index contributed by atoms with van der Waals surface area (Å²) < 4.78 is 0. The number of urea groups is 1. The Morgan fingerprint density at radius 3 is 2.21 bits per heavy atom. The number of nitrogens with one attached hydrogen (secondary N) is 1. The average Bonchev–Trinajstić information content (AvgIpc) is 2.31. The summed E-state index contributed by atoms with van der Waals surface area (Å²) in [6, 6.07) is 7.08. The highest BCUT2D eigenvalue weighted by Gasteiger charge is 2.30. The van der Waals surface area contributed by atoms with Crippen LogP contribution in [0.4, 0.5) is 10.5 Å². The Labute approximate surface area is 113 Å². The molecule has 0 radical (unpaired) electrons. The van der Waals surface area contributed by atoms with Gasteiger partial charge in [0.05, 0.1) is 0 Å². The van der Waals surface area contributed by atoms with Gasteiger partial charge in [0.1, 0.15) is 5.54 Å². The van der Waals surface area contributed by atoms with Crippen molar-refractivity contribution in [3.63, 3.8) is 0 Å². The van der Waals surface area contributed by atoms with Crippen molar-refractivity contribution < 1.29 is 14.7 Å². The van der Waals surface area contributed by atoms with Crippen molar-refractivity contribution in [1.29, 1.82) is 0 Å². The van der Waals surface area contributed by atoms with Crippen LogP contribution in [0.2, 0.25) is 0 Å². The fourth-order valence-corrected chi connectivity index (χ4v) is 1.56. The molecule has 0 aliphatic rings. The van der Waals surface area contributed by atoms with E-state index in [1.165, 1.54) is 18.7 Å². The molecule has 0 saturated heterocycles. The van der Waals surface area contributed by atoms with Crippen molar-refractivity contribution in [2.24, 2.45) is 0 Å². The number of hydrogen-bond acceptors (Lipinski definition) is 2. The summed E-state index contributed by atoms with van der Waals surface area (Å²) in [7, 11) is 0. The minimum absolute atomic E-state index is 0.418. The maximum Gasteiger partial charge on any atom is 0.328 e. The molecule has 0 aliphatic carbocycles. The molecule has 0 fully saturated rings. The second kappa shape index (κ2) is 5.73. The minimum Gasteiger partial charge on any atom is -0.480 e. The van der Waals surface area contributed by atoms with E-state index in [2.05, 4.69) is 5.32 Å². The fourth-order valence-electron chi connectivity index (χ4n) is 1.56. The van der Waals surface area contributed by atoms with Gasteiger partial charge in [0.25, 0.3) is 0 Å². The number of rotatable bonds is 4. The molecule has 104 valence electrons. The third kappa shape index (κ3) is 3.71. The highest BCUT2D eigenvalue weighted by molar-refractivity contribution is 5.95. The van der Waals surface area contributed by atoms with Gasteiger partial charge in [-0.25, -0.2) is 9.59 Å². The molecule has 0 spiro atoms. The number of carbonyl (C=O) groups excluding carboxylic acids is 1. The Balaban J connectivity index is 2.89. The molecule has 5 nitrogen and oxygen atoms in total.